The quantitative estimate of drug-likeness (QED) is 0.238. The monoisotopic (exact) mass is 477 g/mol. The molecule has 0 aliphatic rings. The predicted octanol–water partition coefficient (Wildman–Crippen LogP) is 1.85. The highest BCUT2D eigenvalue weighted by Gasteiger charge is 2.26. The molecule has 4 aromatic rings. The van der Waals surface area contributed by atoms with Crippen molar-refractivity contribution in [3.05, 3.63) is 75.2 Å². The molecule has 3 aromatic heterocycles. The SMILES string of the molecule is Nc1nc2c(ncn2CCOCP(=O)(OCc2ccccc2)OCc2coc(=O)o2)c(=O)[nH]1. The molecule has 0 radical (unpaired) electrons. The lowest BCUT2D eigenvalue weighted by molar-refractivity contribution is 0.114. The Kier molecular flexibility index (Phi) is 6.84. The van der Waals surface area contributed by atoms with Crippen molar-refractivity contribution in [2.75, 3.05) is 18.7 Å². The van der Waals surface area contributed by atoms with Crippen molar-refractivity contribution in [2.45, 2.75) is 19.8 Å². The Labute approximate surface area is 185 Å². The van der Waals surface area contributed by atoms with Crippen molar-refractivity contribution >= 4 is 24.7 Å². The minimum Gasteiger partial charge on any atom is -0.399 e. The Morgan fingerprint density at radius 3 is 2.70 bits per heavy atom. The minimum absolute atomic E-state index is 0.0228. The molecule has 0 fully saturated rings. The maximum atomic E-state index is 13.2. The maximum absolute atomic E-state index is 13.2. The number of nitrogens with one attached hydrogen (secondary N) is 1. The normalized spacial score (nSPS) is 13.3. The molecular formula is C19H20N5O8P. The Bertz CT molecular complexity index is 1380. The third-order valence-electron chi connectivity index (χ3n) is 4.39. The van der Waals surface area contributed by atoms with Crippen LogP contribution in [0.15, 0.2) is 61.3 Å². The number of nitrogen functional groups attached to an aromatic ring is 1. The summed E-state index contributed by atoms with van der Waals surface area (Å²) >= 11 is 0. The van der Waals surface area contributed by atoms with Gasteiger partial charge in [-0.05, 0) is 5.56 Å². The Hall–Kier alpha value is -3.51. The van der Waals surface area contributed by atoms with E-state index in [-0.39, 0.29) is 49.9 Å². The largest absolute Gasteiger partial charge is 0.518 e. The molecule has 1 aromatic carbocycles. The zero-order chi connectivity index (χ0) is 23.3. The first kappa shape index (κ1) is 22.7. The number of anilines is 1. The molecule has 0 bridgehead atoms. The third kappa shape index (κ3) is 5.84. The van der Waals surface area contributed by atoms with Gasteiger partial charge in [-0.1, -0.05) is 30.3 Å². The van der Waals surface area contributed by atoms with Gasteiger partial charge >= 0.3 is 13.4 Å². The zero-order valence-corrected chi connectivity index (χ0v) is 18.1. The predicted molar refractivity (Wildman–Crippen MR) is 114 cm³/mol. The number of ether oxygens (including phenoxy) is 1. The number of nitrogens with two attached hydrogens (primary N) is 1. The number of imidazole rings is 1. The van der Waals surface area contributed by atoms with Gasteiger partial charge in [0.2, 0.25) is 5.95 Å². The molecule has 1 atom stereocenters. The fourth-order valence-corrected chi connectivity index (χ4v) is 4.07. The van der Waals surface area contributed by atoms with Gasteiger partial charge in [0.15, 0.2) is 16.9 Å². The van der Waals surface area contributed by atoms with E-state index in [0.29, 0.717) is 5.65 Å². The lowest BCUT2D eigenvalue weighted by atomic mass is 10.2. The van der Waals surface area contributed by atoms with Crippen molar-refractivity contribution in [3.63, 3.8) is 0 Å². The molecular weight excluding hydrogens is 457 g/mol. The molecule has 4 rings (SSSR count). The van der Waals surface area contributed by atoms with Crippen LogP contribution >= 0.6 is 7.60 Å². The van der Waals surface area contributed by atoms with Crippen LogP contribution in [-0.2, 0) is 38.1 Å². The average Bonchev–Trinajstić information content (AvgIpc) is 3.41. The van der Waals surface area contributed by atoms with Gasteiger partial charge in [0.1, 0.15) is 19.2 Å². The molecule has 14 heteroatoms. The highest BCUT2D eigenvalue weighted by Crippen LogP contribution is 2.49. The lowest BCUT2D eigenvalue weighted by Crippen LogP contribution is -2.13. The van der Waals surface area contributed by atoms with Gasteiger partial charge in [-0.3, -0.25) is 18.9 Å². The number of benzene rings is 1. The fraction of sp³-hybridized carbons (Fsp3) is 0.263. The van der Waals surface area contributed by atoms with Crippen LogP contribution in [0.3, 0.4) is 0 Å². The van der Waals surface area contributed by atoms with Gasteiger partial charge in [-0.2, -0.15) is 4.98 Å². The standard InChI is InChI=1S/C19H20N5O8P/c20-18-22-16-15(17(25)23-18)21-11-24(16)6-7-28-12-33(27,30-8-13-4-2-1-3-5-13)31-10-14-9-29-19(26)32-14/h1-5,9,11H,6-8,10,12H2,(H3,20,22,23,25). The van der Waals surface area contributed by atoms with Crippen LogP contribution in [0.25, 0.3) is 11.2 Å². The molecule has 0 spiro atoms. The van der Waals surface area contributed by atoms with E-state index in [1.165, 1.54) is 6.33 Å². The Balaban J connectivity index is 1.38. The van der Waals surface area contributed by atoms with Crippen LogP contribution in [0, 0.1) is 0 Å². The maximum Gasteiger partial charge on any atom is 0.518 e. The summed E-state index contributed by atoms with van der Waals surface area (Å²) in [7, 11) is -3.75. The Morgan fingerprint density at radius 1 is 1.15 bits per heavy atom. The lowest BCUT2D eigenvalue weighted by Gasteiger charge is -2.18. The molecule has 0 aliphatic heterocycles. The molecule has 3 N–H and O–H groups in total. The van der Waals surface area contributed by atoms with Crippen molar-refractivity contribution in [3.8, 4) is 0 Å². The summed E-state index contributed by atoms with van der Waals surface area (Å²) < 4.78 is 40.6. The van der Waals surface area contributed by atoms with Crippen molar-refractivity contribution in [2.24, 2.45) is 0 Å². The molecule has 174 valence electrons. The summed E-state index contributed by atoms with van der Waals surface area (Å²) in [5.41, 5.74) is 6.37. The Morgan fingerprint density at radius 2 is 1.94 bits per heavy atom. The van der Waals surface area contributed by atoms with E-state index in [9.17, 15) is 14.2 Å². The number of rotatable bonds is 11. The molecule has 33 heavy (non-hydrogen) atoms. The van der Waals surface area contributed by atoms with Gasteiger partial charge in [0.25, 0.3) is 5.56 Å². The summed E-state index contributed by atoms with van der Waals surface area (Å²) in [6.07, 6.45) is 2.12. The van der Waals surface area contributed by atoms with Gasteiger partial charge in [-0.25, -0.2) is 9.78 Å². The zero-order valence-electron chi connectivity index (χ0n) is 17.2. The molecule has 0 saturated carbocycles. The summed E-state index contributed by atoms with van der Waals surface area (Å²) in [5.74, 6) is -0.874. The number of hydrogen-bond donors (Lipinski definition) is 2. The summed E-state index contributed by atoms with van der Waals surface area (Å²) in [5, 5.41) is 0. The number of H-pyrrole nitrogens is 1. The molecule has 0 saturated heterocycles. The van der Waals surface area contributed by atoms with Crippen LogP contribution in [0.2, 0.25) is 0 Å². The van der Waals surface area contributed by atoms with E-state index >= 15 is 0 Å². The average molecular weight is 477 g/mol. The second-order valence-corrected chi connectivity index (χ2v) is 8.79. The van der Waals surface area contributed by atoms with E-state index in [1.54, 1.807) is 4.57 Å². The topological polar surface area (TPSA) is 178 Å². The van der Waals surface area contributed by atoms with Crippen molar-refractivity contribution in [1.29, 1.82) is 0 Å². The fourth-order valence-electron chi connectivity index (χ4n) is 2.83. The summed E-state index contributed by atoms with van der Waals surface area (Å²) in [4.78, 5) is 33.3. The smallest absolute Gasteiger partial charge is 0.399 e. The summed E-state index contributed by atoms with van der Waals surface area (Å²) in [6.45, 7) is 0.0542. The van der Waals surface area contributed by atoms with E-state index in [2.05, 4.69) is 19.4 Å². The first-order chi connectivity index (χ1) is 15.9. The molecule has 13 nitrogen and oxygen atoms in total. The molecule has 0 amide bonds. The number of aromatic nitrogens is 4. The van der Waals surface area contributed by atoms with Crippen LogP contribution in [-0.4, -0.2) is 32.5 Å². The minimum atomic E-state index is -3.75. The van der Waals surface area contributed by atoms with E-state index in [0.717, 1.165) is 11.8 Å². The van der Waals surface area contributed by atoms with E-state index in [1.807, 2.05) is 30.3 Å². The number of fused-ring (bicyclic) bond motifs is 1. The van der Waals surface area contributed by atoms with Crippen LogP contribution < -0.4 is 17.1 Å². The van der Waals surface area contributed by atoms with Crippen molar-refractivity contribution < 1.29 is 27.2 Å². The molecule has 3 heterocycles. The first-order valence-electron chi connectivity index (χ1n) is 9.70. The van der Waals surface area contributed by atoms with Crippen molar-refractivity contribution in [1.82, 2.24) is 19.5 Å². The summed E-state index contributed by atoms with van der Waals surface area (Å²) in [6, 6.07) is 9.11. The molecule has 0 aliphatic carbocycles. The number of nitrogens with zero attached hydrogens (tertiary/aromatic N) is 3. The third-order valence-corrected chi connectivity index (χ3v) is 5.94. The van der Waals surface area contributed by atoms with Crippen LogP contribution in [0.4, 0.5) is 5.95 Å². The number of aromatic amines is 1. The second-order valence-electron chi connectivity index (χ2n) is 6.80. The second kappa shape index (κ2) is 9.96. The number of hydrogen-bond acceptors (Lipinski definition) is 11. The van der Waals surface area contributed by atoms with Gasteiger partial charge in [-0.15, -0.1) is 0 Å². The van der Waals surface area contributed by atoms with Gasteiger partial charge < -0.3 is 28.4 Å². The van der Waals surface area contributed by atoms with Gasteiger partial charge in [0, 0.05) is 6.54 Å². The molecule has 1 unspecified atom stereocenters. The van der Waals surface area contributed by atoms with Crippen LogP contribution in [0.5, 0.6) is 0 Å². The highest BCUT2D eigenvalue weighted by molar-refractivity contribution is 7.53. The van der Waals surface area contributed by atoms with E-state index < -0.39 is 19.0 Å². The van der Waals surface area contributed by atoms with E-state index in [4.69, 9.17) is 23.9 Å². The van der Waals surface area contributed by atoms with Gasteiger partial charge in [0.05, 0.1) is 19.5 Å². The van der Waals surface area contributed by atoms with Crippen LogP contribution in [0.1, 0.15) is 11.3 Å². The first-order valence-corrected chi connectivity index (χ1v) is 11.4. The highest BCUT2D eigenvalue weighted by atomic mass is 31.2.